The van der Waals surface area contributed by atoms with Crippen molar-refractivity contribution < 1.29 is 9.53 Å². The minimum absolute atomic E-state index is 0.335. The summed E-state index contributed by atoms with van der Waals surface area (Å²) >= 11 is 12.0. The molecule has 0 aliphatic rings. The fraction of sp³-hybridized carbons (Fsp3) is 0.0909. The molecule has 1 amide bonds. The summed E-state index contributed by atoms with van der Waals surface area (Å²) in [5.41, 5.74) is 5.61. The number of nitrogens with one attached hydrogen (secondary N) is 1. The third-order valence-electron chi connectivity index (χ3n) is 4.03. The molecule has 1 N–H and O–H groups in total. The Morgan fingerprint density at radius 1 is 1.07 bits per heavy atom. The molecule has 0 aliphatic heterocycles. The Balaban J connectivity index is 1.64. The SMILES string of the molecule is Cc1ccc(C(=O)N/N=C\c2ccccc2OCc2ccc(Cl)cc2)cc1Cl. The minimum Gasteiger partial charge on any atom is -0.488 e. The second kappa shape index (κ2) is 9.40. The van der Waals surface area contributed by atoms with E-state index in [1.165, 1.54) is 0 Å². The molecule has 142 valence electrons. The van der Waals surface area contributed by atoms with Gasteiger partial charge >= 0.3 is 0 Å². The average Bonchev–Trinajstić information content (AvgIpc) is 2.70. The van der Waals surface area contributed by atoms with Gasteiger partial charge in [-0.1, -0.05) is 53.5 Å². The Bertz CT molecular complexity index is 1000. The zero-order valence-electron chi connectivity index (χ0n) is 15.2. The molecule has 0 heterocycles. The first kappa shape index (κ1) is 19.9. The largest absolute Gasteiger partial charge is 0.488 e. The number of carbonyl (C=O) groups excluding carboxylic acids is 1. The fourth-order valence-corrected chi connectivity index (χ4v) is 2.73. The van der Waals surface area contributed by atoms with Gasteiger partial charge in [-0.05, 0) is 54.4 Å². The van der Waals surface area contributed by atoms with Crippen LogP contribution in [0.2, 0.25) is 10.0 Å². The molecule has 3 aromatic carbocycles. The molecule has 3 rings (SSSR count). The van der Waals surface area contributed by atoms with Crippen molar-refractivity contribution in [3.05, 3.63) is 99.0 Å². The van der Waals surface area contributed by atoms with E-state index < -0.39 is 0 Å². The van der Waals surface area contributed by atoms with Crippen molar-refractivity contribution in [3.8, 4) is 5.75 Å². The van der Waals surface area contributed by atoms with Gasteiger partial charge in [0.05, 0.1) is 6.21 Å². The quantitative estimate of drug-likeness (QED) is 0.420. The first-order chi connectivity index (χ1) is 13.5. The zero-order chi connectivity index (χ0) is 19.9. The van der Waals surface area contributed by atoms with Crippen LogP contribution < -0.4 is 10.2 Å². The van der Waals surface area contributed by atoms with Crippen molar-refractivity contribution >= 4 is 35.3 Å². The first-order valence-electron chi connectivity index (χ1n) is 8.59. The van der Waals surface area contributed by atoms with Gasteiger partial charge < -0.3 is 4.74 Å². The number of carbonyl (C=O) groups is 1. The van der Waals surface area contributed by atoms with E-state index in [4.69, 9.17) is 27.9 Å². The molecule has 3 aromatic rings. The van der Waals surface area contributed by atoms with Crippen LogP contribution in [-0.2, 0) is 6.61 Å². The van der Waals surface area contributed by atoms with Crippen molar-refractivity contribution in [3.63, 3.8) is 0 Å². The Morgan fingerprint density at radius 3 is 2.57 bits per heavy atom. The molecular formula is C22H18Cl2N2O2. The van der Waals surface area contributed by atoms with E-state index in [-0.39, 0.29) is 5.91 Å². The highest BCUT2D eigenvalue weighted by molar-refractivity contribution is 6.31. The Labute approximate surface area is 173 Å². The zero-order valence-corrected chi connectivity index (χ0v) is 16.7. The highest BCUT2D eigenvalue weighted by Crippen LogP contribution is 2.19. The van der Waals surface area contributed by atoms with Crippen LogP contribution in [0.25, 0.3) is 0 Å². The molecule has 0 radical (unpaired) electrons. The molecule has 6 heteroatoms. The van der Waals surface area contributed by atoms with Gasteiger partial charge in [0.1, 0.15) is 12.4 Å². The topological polar surface area (TPSA) is 50.7 Å². The van der Waals surface area contributed by atoms with Crippen molar-refractivity contribution in [2.24, 2.45) is 5.10 Å². The van der Waals surface area contributed by atoms with Crippen LogP contribution >= 0.6 is 23.2 Å². The average molecular weight is 413 g/mol. The summed E-state index contributed by atoms with van der Waals surface area (Å²) in [6, 6.07) is 20.0. The summed E-state index contributed by atoms with van der Waals surface area (Å²) in [5, 5.41) is 5.25. The van der Waals surface area contributed by atoms with Gasteiger partial charge in [0, 0.05) is 21.2 Å². The highest BCUT2D eigenvalue weighted by atomic mass is 35.5. The summed E-state index contributed by atoms with van der Waals surface area (Å²) in [6.07, 6.45) is 1.55. The van der Waals surface area contributed by atoms with E-state index in [0.29, 0.717) is 28.0 Å². The van der Waals surface area contributed by atoms with Crippen molar-refractivity contribution in [2.75, 3.05) is 0 Å². The molecule has 0 aliphatic carbocycles. The maximum absolute atomic E-state index is 12.2. The van der Waals surface area contributed by atoms with Crippen LogP contribution in [0.1, 0.15) is 27.0 Å². The predicted molar refractivity (Wildman–Crippen MR) is 113 cm³/mol. The molecule has 0 fully saturated rings. The molecule has 0 spiro atoms. The van der Waals surface area contributed by atoms with Gasteiger partial charge in [-0.25, -0.2) is 5.43 Å². The number of halogens is 2. The van der Waals surface area contributed by atoms with Gasteiger partial charge in [0.15, 0.2) is 0 Å². The monoisotopic (exact) mass is 412 g/mol. The van der Waals surface area contributed by atoms with Crippen molar-refractivity contribution in [2.45, 2.75) is 13.5 Å². The van der Waals surface area contributed by atoms with E-state index in [1.54, 1.807) is 24.4 Å². The summed E-state index contributed by atoms with van der Waals surface area (Å²) < 4.78 is 5.87. The number of hydrogen-bond acceptors (Lipinski definition) is 3. The van der Waals surface area contributed by atoms with Gasteiger partial charge in [0.2, 0.25) is 0 Å². The Kier molecular flexibility index (Phi) is 6.69. The Morgan fingerprint density at radius 2 is 1.82 bits per heavy atom. The van der Waals surface area contributed by atoms with Gasteiger partial charge in [-0.3, -0.25) is 4.79 Å². The molecule has 0 atom stereocenters. The number of hydrogen-bond donors (Lipinski definition) is 1. The lowest BCUT2D eigenvalue weighted by Crippen LogP contribution is -2.17. The lowest BCUT2D eigenvalue weighted by Gasteiger charge is -2.09. The number of rotatable bonds is 6. The molecule has 0 saturated heterocycles. The number of amides is 1. The molecule has 0 aromatic heterocycles. The lowest BCUT2D eigenvalue weighted by atomic mass is 10.1. The smallest absolute Gasteiger partial charge is 0.271 e. The molecular weight excluding hydrogens is 395 g/mol. The Hall–Kier alpha value is -2.82. The second-order valence-electron chi connectivity index (χ2n) is 6.12. The van der Waals surface area contributed by atoms with Crippen molar-refractivity contribution in [1.82, 2.24) is 5.43 Å². The van der Waals surface area contributed by atoms with Crippen LogP contribution in [0.5, 0.6) is 5.75 Å². The van der Waals surface area contributed by atoms with Crippen LogP contribution in [-0.4, -0.2) is 12.1 Å². The minimum atomic E-state index is -0.335. The summed E-state index contributed by atoms with van der Waals surface area (Å²) in [4.78, 5) is 12.2. The van der Waals surface area contributed by atoms with Crippen LogP contribution in [0.3, 0.4) is 0 Å². The molecule has 0 saturated carbocycles. The third-order valence-corrected chi connectivity index (χ3v) is 4.69. The van der Waals surface area contributed by atoms with Crippen LogP contribution in [0, 0.1) is 6.92 Å². The highest BCUT2D eigenvalue weighted by Gasteiger charge is 2.07. The lowest BCUT2D eigenvalue weighted by molar-refractivity contribution is 0.0955. The number of hydrazone groups is 1. The predicted octanol–water partition coefficient (Wildman–Crippen LogP) is 5.64. The van der Waals surface area contributed by atoms with Crippen LogP contribution in [0.15, 0.2) is 71.8 Å². The number of nitrogens with zero attached hydrogens (tertiary/aromatic N) is 1. The van der Waals surface area contributed by atoms with E-state index in [1.807, 2.05) is 55.5 Å². The third kappa shape index (κ3) is 5.35. The summed E-state index contributed by atoms with van der Waals surface area (Å²) in [5.74, 6) is 0.326. The fourth-order valence-electron chi connectivity index (χ4n) is 2.42. The maximum Gasteiger partial charge on any atom is 0.271 e. The van der Waals surface area contributed by atoms with E-state index in [2.05, 4.69) is 10.5 Å². The second-order valence-corrected chi connectivity index (χ2v) is 6.96. The molecule has 4 nitrogen and oxygen atoms in total. The number of para-hydroxylation sites is 1. The van der Waals surface area contributed by atoms with E-state index >= 15 is 0 Å². The maximum atomic E-state index is 12.2. The standard InChI is InChI=1S/C22H18Cl2N2O2/c1-15-6-9-17(12-20(15)24)22(27)26-25-13-18-4-2-3-5-21(18)28-14-16-7-10-19(23)11-8-16/h2-13H,14H2,1H3,(H,26,27)/b25-13-. The van der Waals surface area contributed by atoms with Gasteiger partial charge in [-0.2, -0.15) is 5.10 Å². The normalized spacial score (nSPS) is 10.8. The van der Waals surface area contributed by atoms with Gasteiger partial charge in [0.25, 0.3) is 5.91 Å². The van der Waals surface area contributed by atoms with Gasteiger partial charge in [-0.15, -0.1) is 0 Å². The summed E-state index contributed by atoms with van der Waals surface area (Å²) in [6.45, 7) is 2.28. The molecule has 0 unspecified atom stereocenters. The number of benzene rings is 3. The van der Waals surface area contributed by atoms with E-state index in [0.717, 1.165) is 16.7 Å². The van der Waals surface area contributed by atoms with E-state index in [9.17, 15) is 4.79 Å². The molecule has 0 bridgehead atoms. The summed E-state index contributed by atoms with van der Waals surface area (Å²) in [7, 11) is 0. The first-order valence-corrected chi connectivity index (χ1v) is 9.34. The number of aryl methyl sites for hydroxylation is 1. The molecule has 28 heavy (non-hydrogen) atoms. The van der Waals surface area contributed by atoms with Crippen molar-refractivity contribution in [1.29, 1.82) is 0 Å². The number of ether oxygens (including phenoxy) is 1. The van der Waals surface area contributed by atoms with Crippen LogP contribution in [0.4, 0.5) is 0 Å².